The Bertz CT molecular complexity index is 147. The van der Waals surface area contributed by atoms with E-state index in [-0.39, 0.29) is 0 Å². The molecule has 0 amide bonds. The van der Waals surface area contributed by atoms with Crippen LogP contribution in [0.15, 0.2) is 0 Å². The molecule has 1 N–H and O–H groups in total. The standard InChI is InChI=1S/C13H27N/c1-4-5-6-9-13(2,3)10-11-14-12-7-8-12/h12,14H,4-11H2,1-3H3. The van der Waals surface area contributed by atoms with Gasteiger partial charge in [0.05, 0.1) is 0 Å². The van der Waals surface area contributed by atoms with E-state index < -0.39 is 0 Å². The summed E-state index contributed by atoms with van der Waals surface area (Å²) in [6.45, 7) is 8.33. The van der Waals surface area contributed by atoms with E-state index >= 15 is 0 Å². The van der Waals surface area contributed by atoms with Crippen LogP contribution in [0.2, 0.25) is 0 Å². The largest absolute Gasteiger partial charge is 0.314 e. The molecule has 14 heavy (non-hydrogen) atoms. The number of unbranched alkanes of at least 4 members (excludes halogenated alkanes) is 2. The average molecular weight is 197 g/mol. The van der Waals surface area contributed by atoms with Crippen LogP contribution in [0.4, 0.5) is 0 Å². The van der Waals surface area contributed by atoms with Crippen LogP contribution in [0.3, 0.4) is 0 Å². The van der Waals surface area contributed by atoms with Crippen molar-refractivity contribution in [3.63, 3.8) is 0 Å². The monoisotopic (exact) mass is 197 g/mol. The average Bonchev–Trinajstić information content (AvgIpc) is 2.88. The molecule has 84 valence electrons. The van der Waals surface area contributed by atoms with Gasteiger partial charge < -0.3 is 5.32 Å². The van der Waals surface area contributed by atoms with Crippen LogP contribution < -0.4 is 5.32 Å². The molecule has 0 atom stereocenters. The zero-order valence-electron chi connectivity index (χ0n) is 10.2. The molecule has 0 heterocycles. The molecular weight excluding hydrogens is 170 g/mol. The second-order valence-electron chi connectivity index (χ2n) is 5.60. The number of hydrogen-bond acceptors (Lipinski definition) is 1. The lowest BCUT2D eigenvalue weighted by Crippen LogP contribution is -2.23. The Morgan fingerprint density at radius 3 is 2.43 bits per heavy atom. The summed E-state index contributed by atoms with van der Waals surface area (Å²) in [5.41, 5.74) is 0.553. The summed E-state index contributed by atoms with van der Waals surface area (Å²) in [4.78, 5) is 0. The molecule has 0 saturated heterocycles. The summed E-state index contributed by atoms with van der Waals surface area (Å²) in [6.07, 6.45) is 9.72. The van der Waals surface area contributed by atoms with E-state index in [1.165, 1.54) is 51.5 Å². The van der Waals surface area contributed by atoms with Crippen molar-refractivity contribution in [3.8, 4) is 0 Å². The third-order valence-electron chi connectivity index (χ3n) is 3.27. The molecule has 0 aromatic heterocycles. The normalized spacial score (nSPS) is 17.4. The third kappa shape index (κ3) is 5.64. The van der Waals surface area contributed by atoms with E-state index in [9.17, 15) is 0 Å². The molecule has 1 rings (SSSR count). The lowest BCUT2D eigenvalue weighted by Gasteiger charge is -2.24. The van der Waals surface area contributed by atoms with Crippen molar-refractivity contribution in [1.29, 1.82) is 0 Å². The lowest BCUT2D eigenvalue weighted by atomic mass is 9.83. The predicted molar refractivity (Wildman–Crippen MR) is 63.6 cm³/mol. The van der Waals surface area contributed by atoms with Gasteiger partial charge in [-0.3, -0.25) is 0 Å². The van der Waals surface area contributed by atoms with Crippen LogP contribution in [0.1, 0.15) is 65.7 Å². The minimum atomic E-state index is 0.553. The van der Waals surface area contributed by atoms with Gasteiger partial charge in [-0.2, -0.15) is 0 Å². The van der Waals surface area contributed by atoms with Crippen LogP contribution in [-0.4, -0.2) is 12.6 Å². The first-order valence-corrected chi connectivity index (χ1v) is 6.37. The fraction of sp³-hybridized carbons (Fsp3) is 1.00. The molecule has 1 nitrogen and oxygen atoms in total. The molecule has 0 aromatic rings. The van der Waals surface area contributed by atoms with Crippen molar-refractivity contribution in [1.82, 2.24) is 5.32 Å². The Hall–Kier alpha value is -0.0400. The van der Waals surface area contributed by atoms with Crippen LogP contribution in [-0.2, 0) is 0 Å². The molecule has 0 spiro atoms. The summed E-state index contributed by atoms with van der Waals surface area (Å²) >= 11 is 0. The predicted octanol–water partition coefficient (Wildman–Crippen LogP) is 3.74. The summed E-state index contributed by atoms with van der Waals surface area (Å²) in [5, 5.41) is 3.60. The van der Waals surface area contributed by atoms with Crippen LogP contribution in [0, 0.1) is 5.41 Å². The highest BCUT2D eigenvalue weighted by atomic mass is 14.9. The molecule has 0 bridgehead atoms. The maximum atomic E-state index is 3.60. The molecule has 0 aromatic carbocycles. The molecular formula is C13H27N. The van der Waals surface area contributed by atoms with Gasteiger partial charge in [0.25, 0.3) is 0 Å². The highest BCUT2D eigenvalue weighted by Crippen LogP contribution is 2.28. The highest BCUT2D eigenvalue weighted by molar-refractivity contribution is 4.81. The van der Waals surface area contributed by atoms with E-state index in [0.29, 0.717) is 5.41 Å². The zero-order chi connectivity index (χ0) is 10.4. The Balaban J connectivity index is 1.99. The molecule has 0 radical (unpaired) electrons. The minimum Gasteiger partial charge on any atom is -0.314 e. The second kappa shape index (κ2) is 5.75. The first-order valence-electron chi connectivity index (χ1n) is 6.37. The molecule has 0 aliphatic heterocycles. The van der Waals surface area contributed by atoms with Gasteiger partial charge in [-0.1, -0.05) is 40.0 Å². The quantitative estimate of drug-likeness (QED) is 0.585. The van der Waals surface area contributed by atoms with Crippen LogP contribution >= 0.6 is 0 Å². The highest BCUT2D eigenvalue weighted by Gasteiger charge is 2.22. The summed E-state index contributed by atoms with van der Waals surface area (Å²) in [7, 11) is 0. The van der Waals surface area contributed by atoms with E-state index in [4.69, 9.17) is 0 Å². The first kappa shape index (κ1) is 12.0. The van der Waals surface area contributed by atoms with Crippen molar-refractivity contribution < 1.29 is 0 Å². The van der Waals surface area contributed by atoms with E-state index in [1.807, 2.05) is 0 Å². The van der Waals surface area contributed by atoms with Gasteiger partial charge in [0.2, 0.25) is 0 Å². The minimum absolute atomic E-state index is 0.553. The van der Waals surface area contributed by atoms with Crippen molar-refractivity contribution in [2.24, 2.45) is 5.41 Å². The van der Waals surface area contributed by atoms with Crippen molar-refractivity contribution in [2.45, 2.75) is 71.8 Å². The molecule has 1 aliphatic carbocycles. The van der Waals surface area contributed by atoms with Crippen molar-refractivity contribution in [2.75, 3.05) is 6.54 Å². The number of nitrogens with one attached hydrogen (secondary N) is 1. The summed E-state index contributed by atoms with van der Waals surface area (Å²) in [6, 6.07) is 0.876. The topological polar surface area (TPSA) is 12.0 Å². The van der Waals surface area contributed by atoms with E-state index in [2.05, 4.69) is 26.1 Å². The van der Waals surface area contributed by atoms with E-state index in [0.717, 1.165) is 6.04 Å². The Morgan fingerprint density at radius 1 is 1.14 bits per heavy atom. The first-order chi connectivity index (χ1) is 6.64. The Morgan fingerprint density at radius 2 is 1.86 bits per heavy atom. The molecule has 1 fully saturated rings. The summed E-state index contributed by atoms with van der Waals surface area (Å²) in [5.74, 6) is 0. The Kier molecular flexibility index (Phi) is 4.94. The van der Waals surface area contributed by atoms with Gasteiger partial charge in [0.1, 0.15) is 0 Å². The van der Waals surface area contributed by atoms with Crippen molar-refractivity contribution >= 4 is 0 Å². The third-order valence-corrected chi connectivity index (χ3v) is 3.27. The van der Waals surface area contributed by atoms with E-state index in [1.54, 1.807) is 0 Å². The number of hydrogen-bond donors (Lipinski definition) is 1. The van der Waals surface area contributed by atoms with Gasteiger partial charge in [0.15, 0.2) is 0 Å². The smallest absolute Gasteiger partial charge is 0.00682 e. The second-order valence-corrected chi connectivity index (χ2v) is 5.60. The molecule has 1 heteroatoms. The molecule has 0 unspecified atom stereocenters. The van der Waals surface area contributed by atoms with Gasteiger partial charge in [-0.25, -0.2) is 0 Å². The van der Waals surface area contributed by atoms with Crippen LogP contribution in [0.5, 0.6) is 0 Å². The lowest BCUT2D eigenvalue weighted by molar-refractivity contribution is 0.290. The van der Waals surface area contributed by atoms with Gasteiger partial charge in [-0.15, -0.1) is 0 Å². The zero-order valence-corrected chi connectivity index (χ0v) is 10.2. The van der Waals surface area contributed by atoms with Gasteiger partial charge in [-0.05, 0) is 37.6 Å². The fourth-order valence-electron chi connectivity index (χ4n) is 1.88. The van der Waals surface area contributed by atoms with Crippen LogP contribution in [0.25, 0.3) is 0 Å². The maximum absolute atomic E-state index is 3.60. The van der Waals surface area contributed by atoms with Gasteiger partial charge >= 0.3 is 0 Å². The fourth-order valence-corrected chi connectivity index (χ4v) is 1.88. The summed E-state index contributed by atoms with van der Waals surface area (Å²) < 4.78 is 0. The maximum Gasteiger partial charge on any atom is 0.00682 e. The molecule has 1 aliphatic rings. The van der Waals surface area contributed by atoms with Crippen molar-refractivity contribution in [3.05, 3.63) is 0 Å². The molecule has 1 saturated carbocycles. The number of rotatable bonds is 8. The van der Waals surface area contributed by atoms with Gasteiger partial charge in [0, 0.05) is 6.04 Å². The Labute approximate surface area is 89.7 Å². The SMILES string of the molecule is CCCCCC(C)(C)CCNC1CC1.